The van der Waals surface area contributed by atoms with Crippen molar-refractivity contribution < 1.29 is 18.3 Å². The fourth-order valence-electron chi connectivity index (χ4n) is 1.61. The summed E-state index contributed by atoms with van der Waals surface area (Å²) in [6.07, 6.45) is 2.59. The lowest BCUT2D eigenvalue weighted by molar-refractivity contribution is 0.269. The van der Waals surface area contributed by atoms with Crippen molar-refractivity contribution in [2.75, 3.05) is 18.4 Å². The quantitative estimate of drug-likeness (QED) is 0.818. The SMILES string of the molecule is COc1cccc(NS(=O)(=O)c2cnn(CCO)c2)c1. The van der Waals surface area contributed by atoms with Crippen LogP contribution in [0.25, 0.3) is 0 Å². The summed E-state index contributed by atoms with van der Waals surface area (Å²) in [5, 5.41) is 12.6. The second kappa shape index (κ2) is 5.93. The van der Waals surface area contributed by atoms with Crippen molar-refractivity contribution in [1.82, 2.24) is 9.78 Å². The summed E-state index contributed by atoms with van der Waals surface area (Å²) >= 11 is 0. The van der Waals surface area contributed by atoms with E-state index in [1.165, 1.54) is 24.2 Å². The Morgan fingerprint density at radius 2 is 2.25 bits per heavy atom. The average molecular weight is 297 g/mol. The van der Waals surface area contributed by atoms with Crippen molar-refractivity contribution in [3.05, 3.63) is 36.7 Å². The van der Waals surface area contributed by atoms with E-state index >= 15 is 0 Å². The first-order valence-electron chi connectivity index (χ1n) is 5.85. The molecule has 0 atom stereocenters. The van der Waals surface area contributed by atoms with Crippen molar-refractivity contribution in [1.29, 1.82) is 0 Å². The number of nitrogens with one attached hydrogen (secondary N) is 1. The Hall–Kier alpha value is -2.06. The number of aliphatic hydroxyl groups excluding tert-OH is 1. The second-order valence-corrected chi connectivity index (χ2v) is 5.68. The molecule has 0 amide bonds. The number of anilines is 1. The number of aliphatic hydroxyl groups is 1. The highest BCUT2D eigenvalue weighted by molar-refractivity contribution is 7.92. The summed E-state index contributed by atoms with van der Waals surface area (Å²) in [5.41, 5.74) is 0.402. The summed E-state index contributed by atoms with van der Waals surface area (Å²) in [4.78, 5) is 0.0359. The Kier molecular flexibility index (Phi) is 4.26. The fraction of sp³-hybridized carbons (Fsp3) is 0.250. The molecule has 0 saturated heterocycles. The summed E-state index contributed by atoms with van der Waals surface area (Å²) in [7, 11) is -2.20. The zero-order chi connectivity index (χ0) is 14.6. The zero-order valence-corrected chi connectivity index (χ0v) is 11.7. The average Bonchev–Trinajstić information content (AvgIpc) is 2.88. The minimum atomic E-state index is -3.71. The topological polar surface area (TPSA) is 93.5 Å². The molecule has 2 aromatic rings. The highest BCUT2D eigenvalue weighted by Gasteiger charge is 2.16. The minimum Gasteiger partial charge on any atom is -0.497 e. The van der Waals surface area contributed by atoms with Gasteiger partial charge >= 0.3 is 0 Å². The molecule has 0 spiro atoms. The lowest BCUT2D eigenvalue weighted by Crippen LogP contribution is -2.12. The smallest absolute Gasteiger partial charge is 0.265 e. The van der Waals surface area contributed by atoms with E-state index in [-0.39, 0.29) is 18.0 Å². The van der Waals surface area contributed by atoms with E-state index in [2.05, 4.69) is 9.82 Å². The second-order valence-electron chi connectivity index (χ2n) is 4.00. The number of rotatable bonds is 6. The number of sulfonamides is 1. The van der Waals surface area contributed by atoms with E-state index in [9.17, 15) is 8.42 Å². The van der Waals surface area contributed by atoms with Crippen LogP contribution in [0.1, 0.15) is 0 Å². The number of hydrogen-bond acceptors (Lipinski definition) is 5. The molecular weight excluding hydrogens is 282 g/mol. The van der Waals surface area contributed by atoms with Crippen LogP contribution in [0, 0.1) is 0 Å². The maximum atomic E-state index is 12.2. The molecule has 1 aromatic heterocycles. The van der Waals surface area contributed by atoms with Gasteiger partial charge in [-0.15, -0.1) is 0 Å². The van der Waals surface area contributed by atoms with E-state index in [0.717, 1.165) is 0 Å². The molecule has 0 aliphatic heterocycles. The molecule has 8 heteroatoms. The Balaban J connectivity index is 2.21. The molecule has 2 rings (SSSR count). The number of methoxy groups -OCH3 is 1. The van der Waals surface area contributed by atoms with Gasteiger partial charge in [-0.2, -0.15) is 5.10 Å². The Bertz CT molecular complexity index is 682. The summed E-state index contributed by atoms with van der Waals surface area (Å²) in [6.45, 7) is 0.138. The van der Waals surface area contributed by atoms with Gasteiger partial charge in [0.2, 0.25) is 0 Å². The van der Waals surface area contributed by atoms with E-state index in [4.69, 9.17) is 9.84 Å². The van der Waals surface area contributed by atoms with E-state index in [1.54, 1.807) is 24.3 Å². The van der Waals surface area contributed by atoms with Crippen LogP contribution in [-0.4, -0.2) is 37.0 Å². The van der Waals surface area contributed by atoms with Crippen LogP contribution in [-0.2, 0) is 16.6 Å². The maximum absolute atomic E-state index is 12.2. The standard InChI is InChI=1S/C12H15N3O4S/c1-19-11-4-2-3-10(7-11)14-20(17,18)12-8-13-15(9-12)5-6-16/h2-4,7-9,14,16H,5-6H2,1H3. The molecule has 0 radical (unpaired) electrons. The predicted molar refractivity (Wildman–Crippen MR) is 73.1 cm³/mol. The Morgan fingerprint density at radius 3 is 2.95 bits per heavy atom. The van der Waals surface area contributed by atoms with Gasteiger partial charge in [-0.3, -0.25) is 9.40 Å². The Labute approximate surface area is 116 Å². The molecule has 0 unspecified atom stereocenters. The van der Waals surface area contributed by atoms with Gasteiger partial charge in [0.05, 0.1) is 32.1 Å². The van der Waals surface area contributed by atoms with Crippen LogP contribution in [0.15, 0.2) is 41.6 Å². The van der Waals surface area contributed by atoms with Gasteiger partial charge in [-0.05, 0) is 12.1 Å². The number of benzene rings is 1. The molecule has 0 aliphatic rings. The Morgan fingerprint density at radius 1 is 1.45 bits per heavy atom. The summed E-state index contributed by atoms with van der Waals surface area (Å²) in [5.74, 6) is 0.557. The van der Waals surface area contributed by atoms with Crippen LogP contribution >= 0.6 is 0 Å². The van der Waals surface area contributed by atoms with E-state index < -0.39 is 10.0 Å². The van der Waals surface area contributed by atoms with Gasteiger partial charge in [0, 0.05) is 12.3 Å². The third-order valence-corrected chi connectivity index (χ3v) is 3.91. The molecular formula is C12H15N3O4S. The first kappa shape index (κ1) is 14.4. The van der Waals surface area contributed by atoms with Gasteiger partial charge in [0.25, 0.3) is 10.0 Å². The molecule has 1 aromatic carbocycles. The lowest BCUT2D eigenvalue weighted by atomic mass is 10.3. The minimum absolute atomic E-state index is 0.0359. The van der Waals surface area contributed by atoms with Gasteiger partial charge < -0.3 is 9.84 Å². The number of aromatic nitrogens is 2. The molecule has 0 aliphatic carbocycles. The van der Waals surface area contributed by atoms with Crippen LogP contribution in [0.5, 0.6) is 5.75 Å². The molecule has 108 valence electrons. The van der Waals surface area contributed by atoms with Crippen LogP contribution in [0.2, 0.25) is 0 Å². The third-order valence-electron chi connectivity index (χ3n) is 2.57. The number of nitrogens with zero attached hydrogens (tertiary/aromatic N) is 2. The fourth-order valence-corrected chi connectivity index (χ4v) is 2.61. The monoisotopic (exact) mass is 297 g/mol. The van der Waals surface area contributed by atoms with Crippen molar-refractivity contribution in [2.24, 2.45) is 0 Å². The zero-order valence-electron chi connectivity index (χ0n) is 10.9. The van der Waals surface area contributed by atoms with Crippen LogP contribution < -0.4 is 9.46 Å². The molecule has 1 heterocycles. The van der Waals surface area contributed by atoms with Gasteiger partial charge in [-0.1, -0.05) is 6.07 Å². The van der Waals surface area contributed by atoms with Gasteiger partial charge in [0.1, 0.15) is 10.6 Å². The van der Waals surface area contributed by atoms with E-state index in [0.29, 0.717) is 11.4 Å². The molecule has 0 fully saturated rings. The summed E-state index contributed by atoms with van der Waals surface area (Å²) in [6, 6.07) is 6.61. The van der Waals surface area contributed by atoms with Crippen molar-refractivity contribution in [2.45, 2.75) is 11.4 Å². The van der Waals surface area contributed by atoms with Gasteiger partial charge in [-0.25, -0.2) is 8.42 Å². The lowest BCUT2D eigenvalue weighted by Gasteiger charge is -2.07. The normalized spacial score (nSPS) is 11.3. The molecule has 0 bridgehead atoms. The summed E-state index contributed by atoms with van der Waals surface area (Å²) < 4.78 is 33.1. The largest absolute Gasteiger partial charge is 0.497 e. The first-order chi connectivity index (χ1) is 9.55. The first-order valence-corrected chi connectivity index (χ1v) is 7.33. The molecule has 7 nitrogen and oxygen atoms in total. The van der Waals surface area contributed by atoms with Crippen molar-refractivity contribution >= 4 is 15.7 Å². The third kappa shape index (κ3) is 3.28. The maximum Gasteiger partial charge on any atom is 0.265 e. The van der Waals surface area contributed by atoms with Crippen LogP contribution in [0.3, 0.4) is 0 Å². The highest BCUT2D eigenvalue weighted by atomic mass is 32.2. The predicted octanol–water partition coefficient (Wildman–Crippen LogP) is 0.685. The molecule has 20 heavy (non-hydrogen) atoms. The van der Waals surface area contributed by atoms with Gasteiger partial charge in [0.15, 0.2) is 0 Å². The van der Waals surface area contributed by atoms with Crippen molar-refractivity contribution in [3.8, 4) is 5.75 Å². The molecule has 2 N–H and O–H groups in total. The van der Waals surface area contributed by atoms with Crippen LogP contribution in [0.4, 0.5) is 5.69 Å². The van der Waals surface area contributed by atoms with Crippen molar-refractivity contribution in [3.63, 3.8) is 0 Å². The van der Waals surface area contributed by atoms with E-state index in [1.807, 2.05) is 0 Å². The number of hydrogen-bond donors (Lipinski definition) is 2. The highest BCUT2D eigenvalue weighted by Crippen LogP contribution is 2.20. The molecule has 0 saturated carbocycles. The number of ether oxygens (including phenoxy) is 1.